The van der Waals surface area contributed by atoms with Crippen molar-refractivity contribution >= 4 is 40.8 Å². The molecule has 0 saturated heterocycles. The summed E-state index contributed by atoms with van der Waals surface area (Å²) < 4.78 is 6.65. The van der Waals surface area contributed by atoms with E-state index in [9.17, 15) is 24.6 Å². The van der Waals surface area contributed by atoms with Crippen LogP contribution < -0.4 is 10.2 Å². The maximum Gasteiger partial charge on any atom is 0.303 e. The van der Waals surface area contributed by atoms with Crippen LogP contribution in [0.4, 0.5) is 11.4 Å². The molecule has 0 radical (unpaired) electrons. The number of carboxylic acids is 1. The van der Waals surface area contributed by atoms with Crippen molar-refractivity contribution in [1.29, 1.82) is 0 Å². The number of carboxylic acid groups (broad SMARTS) is 1. The normalized spacial score (nSPS) is 18.0. The summed E-state index contributed by atoms with van der Waals surface area (Å²) in [6.07, 6.45) is 2.22. The van der Waals surface area contributed by atoms with E-state index in [0.29, 0.717) is 28.4 Å². The molecule has 1 heterocycles. The van der Waals surface area contributed by atoms with Crippen LogP contribution in [0.15, 0.2) is 48.5 Å². The zero-order valence-electron chi connectivity index (χ0n) is 27.0. The highest BCUT2D eigenvalue weighted by Crippen LogP contribution is 2.42. The third-order valence-electron chi connectivity index (χ3n) is 9.17. The van der Waals surface area contributed by atoms with E-state index in [1.165, 1.54) is 5.56 Å². The van der Waals surface area contributed by atoms with Gasteiger partial charge in [0.05, 0.1) is 6.42 Å². The average Bonchev–Trinajstić information content (AvgIpc) is 3.11. The number of aliphatic hydroxyl groups excluding tert-OH is 1. The summed E-state index contributed by atoms with van der Waals surface area (Å²) in [6.45, 7) is 7.85. The van der Waals surface area contributed by atoms with Gasteiger partial charge in [-0.15, -0.1) is 0 Å². The topological polar surface area (TPSA) is 116 Å². The predicted molar refractivity (Wildman–Crippen MR) is 180 cm³/mol. The van der Waals surface area contributed by atoms with Crippen molar-refractivity contribution in [2.24, 2.45) is 5.41 Å². The van der Waals surface area contributed by atoms with Crippen LogP contribution >= 0.6 is 11.6 Å². The molecule has 9 heteroatoms. The average molecular weight is 647 g/mol. The summed E-state index contributed by atoms with van der Waals surface area (Å²) in [5.74, 6) is -1.62. The number of halogens is 1. The Morgan fingerprint density at radius 2 is 1.83 bits per heavy atom. The van der Waals surface area contributed by atoms with Crippen molar-refractivity contribution < 1.29 is 29.3 Å². The summed E-state index contributed by atoms with van der Waals surface area (Å²) in [7, 11) is 0. The van der Waals surface area contributed by atoms with Crippen LogP contribution in [0.1, 0.15) is 84.6 Å². The maximum absolute atomic E-state index is 14.3. The number of ether oxygens (including phenoxy) is 1. The lowest BCUT2D eigenvalue weighted by atomic mass is 9.86. The molecule has 2 atom stereocenters. The van der Waals surface area contributed by atoms with Crippen LogP contribution in [0.25, 0.3) is 0 Å². The van der Waals surface area contributed by atoms with E-state index in [1.807, 2.05) is 64.1 Å². The van der Waals surface area contributed by atoms with E-state index in [0.717, 1.165) is 53.5 Å². The van der Waals surface area contributed by atoms with E-state index >= 15 is 0 Å². The quantitative estimate of drug-likeness (QED) is 0.225. The number of aliphatic hydroxyl groups is 1. The predicted octanol–water partition coefficient (Wildman–Crippen LogP) is 6.72. The molecular formula is C37H43ClN2O6. The van der Waals surface area contributed by atoms with Crippen molar-refractivity contribution in [3.8, 4) is 0 Å². The number of benzene rings is 3. The molecular weight excluding hydrogens is 604 g/mol. The van der Waals surface area contributed by atoms with Gasteiger partial charge in [0, 0.05) is 46.9 Å². The summed E-state index contributed by atoms with van der Waals surface area (Å²) >= 11 is 6.52. The van der Waals surface area contributed by atoms with Crippen LogP contribution in [0.2, 0.25) is 5.02 Å². The Morgan fingerprint density at radius 3 is 2.57 bits per heavy atom. The smallest absolute Gasteiger partial charge is 0.303 e. The fourth-order valence-corrected chi connectivity index (χ4v) is 6.70. The Balaban J connectivity index is 1.51. The molecule has 0 aromatic heterocycles. The third-order valence-corrected chi connectivity index (χ3v) is 9.40. The molecule has 0 fully saturated rings. The zero-order valence-corrected chi connectivity index (χ0v) is 27.7. The van der Waals surface area contributed by atoms with E-state index in [2.05, 4.69) is 5.32 Å². The molecule has 0 unspecified atom stereocenters. The standard InChI is InChI=1S/C37H43ClN2O6/c1-22-8-7-11-28(23(22)2)35-30-18-26(38)13-14-31(30)40(20-37(3,4)21-41)36(45)32(46-35)19-33(42)39-27-16-24-9-5-6-10-29(24)25(17-27)12-15-34(43)44/h7-8,11,13-14,16-18,32,35,41H,5-6,9-10,12,15,19-21H2,1-4H3,(H,39,42)(H,43,44)/t32-,35-/m1/s1. The lowest BCUT2D eigenvalue weighted by Crippen LogP contribution is -2.46. The van der Waals surface area contributed by atoms with E-state index < -0.39 is 23.6 Å². The van der Waals surface area contributed by atoms with Crippen molar-refractivity contribution in [2.45, 2.75) is 84.8 Å². The fraction of sp³-hybridized carbons (Fsp3) is 0.432. The number of carbonyl (C=O) groups excluding carboxylic acids is 2. The zero-order chi connectivity index (χ0) is 33.2. The summed E-state index contributed by atoms with van der Waals surface area (Å²) in [5.41, 5.74) is 7.51. The molecule has 2 amide bonds. The number of hydrogen-bond acceptors (Lipinski definition) is 5. The monoisotopic (exact) mass is 646 g/mol. The SMILES string of the molecule is Cc1cccc([C@H]2O[C@H](CC(=O)Nc3cc4c(c(CCC(=O)O)c3)CCCC4)C(=O)N(CC(C)(C)CO)c3ccc(Cl)cc32)c1C. The Labute approximate surface area is 275 Å². The number of hydrogen-bond donors (Lipinski definition) is 3. The van der Waals surface area contributed by atoms with Crippen LogP contribution in [0.3, 0.4) is 0 Å². The molecule has 8 nitrogen and oxygen atoms in total. The van der Waals surface area contributed by atoms with Crippen molar-refractivity contribution in [1.82, 2.24) is 0 Å². The minimum Gasteiger partial charge on any atom is -0.481 e. The highest BCUT2D eigenvalue weighted by molar-refractivity contribution is 6.30. The number of fused-ring (bicyclic) bond motifs is 2. The Morgan fingerprint density at radius 1 is 1.07 bits per heavy atom. The minimum absolute atomic E-state index is 0.0125. The van der Waals surface area contributed by atoms with Crippen molar-refractivity contribution in [2.75, 3.05) is 23.4 Å². The Bertz CT molecular complexity index is 1650. The number of aliphatic carboxylic acids is 1. The molecule has 3 aromatic carbocycles. The summed E-state index contributed by atoms with van der Waals surface area (Å²) in [6, 6.07) is 15.1. The molecule has 3 aromatic rings. The van der Waals surface area contributed by atoms with Gasteiger partial charge in [0.1, 0.15) is 12.2 Å². The third kappa shape index (κ3) is 7.46. The molecule has 1 aliphatic heterocycles. The van der Waals surface area contributed by atoms with Gasteiger partial charge >= 0.3 is 5.97 Å². The number of nitrogens with zero attached hydrogens (tertiary/aromatic N) is 1. The van der Waals surface area contributed by atoms with Gasteiger partial charge in [0.15, 0.2) is 0 Å². The van der Waals surface area contributed by atoms with Gasteiger partial charge in [-0.25, -0.2) is 0 Å². The van der Waals surface area contributed by atoms with Gasteiger partial charge in [-0.2, -0.15) is 0 Å². The number of aryl methyl sites for hydroxylation is 3. The van der Waals surface area contributed by atoms with E-state index in [1.54, 1.807) is 17.0 Å². The van der Waals surface area contributed by atoms with Crippen LogP contribution in [-0.4, -0.2) is 47.3 Å². The second kappa shape index (κ2) is 14.0. The van der Waals surface area contributed by atoms with Crippen molar-refractivity contribution in [3.05, 3.63) is 92.5 Å². The molecule has 46 heavy (non-hydrogen) atoms. The van der Waals surface area contributed by atoms with Gasteiger partial charge in [0.25, 0.3) is 5.91 Å². The van der Waals surface area contributed by atoms with Gasteiger partial charge in [0.2, 0.25) is 5.91 Å². The summed E-state index contributed by atoms with van der Waals surface area (Å²) in [5, 5.41) is 22.9. The van der Waals surface area contributed by atoms with E-state index in [-0.39, 0.29) is 37.8 Å². The lowest BCUT2D eigenvalue weighted by Gasteiger charge is -2.32. The first-order valence-corrected chi connectivity index (χ1v) is 16.3. The molecule has 5 rings (SSSR count). The highest BCUT2D eigenvalue weighted by atomic mass is 35.5. The maximum atomic E-state index is 14.3. The molecule has 3 N–H and O–H groups in total. The molecule has 0 spiro atoms. The highest BCUT2D eigenvalue weighted by Gasteiger charge is 2.40. The number of nitrogens with one attached hydrogen (secondary N) is 1. The lowest BCUT2D eigenvalue weighted by molar-refractivity contribution is -0.137. The second-order valence-electron chi connectivity index (χ2n) is 13.4. The second-order valence-corrected chi connectivity index (χ2v) is 13.8. The minimum atomic E-state index is -1.13. The first-order chi connectivity index (χ1) is 21.9. The first-order valence-electron chi connectivity index (χ1n) is 16.0. The Hall–Kier alpha value is -3.72. The van der Waals surface area contributed by atoms with Crippen LogP contribution in [-0.2, 0) is 38.4 Å². The molecule has 244 valence electrons. The van der Waals surface area contributed by atoms with E-state index in [4.69, 9.17) is 16.3 Å². The van der Waals surface area contributed by atoms with Gasteiger partial charge in [-0.05, 0) is 110 Å². The number of anilines is 2. The molecule has 0 saturated carbocycles. The molecule has 1 aliphatic carbocycles. The van der Waals surface area contributed by atoms with Crippen LogP contribution in [0, 0.1) is 19.3 Å². The molecule has 0 bridgehead atoms. The van der Waals surface area contributed by atoms with Crippen molar-refractivity contribution in [3.63, 3.8) is 0 Å². The van der Waals surface area contributed by atoms with Gasteiger partial charge < -0.3 is 25.2 Å². The van der Waals surface area contributed by atoms with Gasteiger partial charge in [-0.1, -0.05) is 43.6 Å². The molecule has 2 aliphatic rings. The number of carbonyl (C=O) groups is 3. The Kier molecular flexibility index (Phi) is 10.2. The number of amides is 2. The summed E-state index contributed by atoms with van der Waals surface area (Å²) in [4.78, 5) is 41.0. The number of rotatable bonds is 10. The van der Waals surface area contributed by atoms with Crippen LogP contribution in [0.5, 0.6) is 0 Å². The first kappa shape index (κ1) is 33.6. The fourth-order valence-electron chi connectivity index (χ4n) is 6.52. The van der Waals surface area contributed by atoms with Gasteiger partial charge in [-0.3, -0.25) is 14.4 Å². The largest absolute Gasteiger partial charge is 0.481 e.